The van der Waals surface area contributed by atoms with Crippen LogP contribution in [0.3, 0.4) is 0 Å². The van der Waals surface area contributed by atoms with E-state index in [4.69, 9.17) is 8.85 Å². The van der Waals surface area contributed by atoms with E-state index in [0.717, 1.165) is 0 Å². The third-order valence-corrected chi connectivity index (χ3v) is 5.49. The van der Waals surface area contributed by atoms with Crippen LogP contribution in [0, 0.1) is 0 Å². The van der Waals surface area contributed by atoms with Gasteiger partial charge in [0.2, 0.25) is 8.32 Å². The molecule has 1 N–H and O–H groups in total. The largest absolute Gasteiger partial charge is 0.544 e. The summed E-state index contributed by atoms with van der Waals surface area (Å²) in [5.74, 6) is -14.7. The first-order chi connectivity index (χ1) is 13.7. The molecule has 0 aliphatic heterocycles. The molecular weight excluding hydrogens is 467 g/mol. The van der Waals surface area contributed by atoms with Crippen molar-refractivity contribution < 1.29 is 44.4 Å². The van der Waals surface area contributed by atoms with E-state index in [1.807, 2.05) is 19.6 Å². The minimum atomic E-state index is -6.59. The first kappa shape index (κ1) is 27.4. The van der Waals surface area contributed by atoms with E-state index in [-0.39, 0.29) is 0 Å². The number of rotatable bonds is 9. The van der Waals surface area contributed by atoms with Crippen molar-refractivity contribution >= 4 is 22.5 Å². The van der Waals surface area contributed by atoms with Gasteiger partial charge in [0.05, 0.1) is 6.10 Å². The van der Waals surface area contributed by atoms with Crippen LogP contribution in [-0.2, 0) is 9.22 Å². The smallest absolute Gasteiger partial charge is 0.460 e. The second-order valence-corrected chi connectivity index (χ2v) is 17.7. The maximum absolute atomic E-state index is 13.6. The minimum Gasteiger partial charge on any atom is -0.544 e. The first-order valence-corrected chi connectivity index (χ1v) is 16.1. The van der Waals surface area contributed by atoms with Gasteiger partial charge in [0, 0.05) is 6.54 Å². The Morgan fingerprint density at radius 3 is 1.77 bits per heavy atom. The van der Waals surface area contributed by atoms with Crippen molar-refractivity contribution in [1.82, 2.24) is 5.32 Å². The molecule has 4 nitrogen and oxygen atoms in total. The van der Waals surface area contributed by atoms with Gasteiger partial charge in [-0.1, -0.05) is 12.1 Å². The SMILES string of the molecule is C[Si](C)(C)Oc1ccc(C(CNC(=O)C(F)(F)C(F)(F)C(F)(F)F)O[Si](C)(C)C)cc1. The number of benzene rings is 1. The maximum Gasteiger partial charge on any atom is 0.460 e. The van der Waals surface area contributed by atoms with Crippen LogP contribution in [-0.4, -0.2) is 47.1 Å². The second kappa shape index (κ2) is 9.10. The number of amides is 1. The highest BCUT2D eigenvalue weighted by atomic mass is 28.4. The summed E-state index contributed by atoms with van der Waals surface area (Å²) in [6.45, 7) is 10.4. The predicted molar refractivity (Wildman–Crippen MR) is 107 cm³/mol. The summed E-state index contributed by atoms with van der Waals surface area (Å²) in [5, 5.41) is 1.48. The first-order valence-electron chi connectivity index (χ1n) is 9.25. The number of carbonyl (C=O) groups is 1. The highest BCUT2D eigenvalue weighted by Gasteiger charge is 2.76. The lowest BCUT2D eigenvalue weighted by molar-refractivity contribution is -0.344. The van der Waals surface area contributed by atoms with Crippen LogP contribution in [0.2, 0.25) is 39.3 Å². The van der Waals surface area contributed by atoms with Gasteiger partial charge in [-0.15, -0.1) is 0 Å². The molecule has 0 radical (unpaired) electrons. The van der Waals surface area contributed by atoms with Gasteiger partial charge in [0.25, 0.3) is 5.91 Å². The summed E-state index contributed by atoms with van der Waals surface area (Å²) in [5.41, 5.74) is 0.413. The van der Waals surface area contributed by atoms with Crippen molar-refractivity contribution in [3.8, 4) is 5.75 Å². The zero-order valence-corrected chi connectivity index (χ0v) is 20.0. The molecule has 0 aromatic heterocycles. The average Bonchev–Trinajstić information content (AvgIpc) is 2.55. The van der Waals surface area contributed by atoms with Crippen molar-refractivity contribution in [2.75, 3.05) is 6.54 Å². The van der Waals surface area contributed by atoms with Crippen LogP contribution in [0.4, 0.5) is 30.7 Å². The van der Waals surface area contributed by atoms with Crippen LogP contribution in [0.15, 0.2) is 24.3 Å². The molecule has 0 heterocycles. The van der Waals surface area contributed by atoms with Crippen LogP contribution < -0.4 is 9.74 Å². The molecule has 1 amide bonds. The fraction of sp³-hybridized carbons (Fsp3) is 0.611. The molecule has 1 aromatic carbocycles. The lowest BCUT2D eigenvalue weighted by Crippen LogP contribution is -2.59. The van der Waals surface area contributed by atoms with Gasteiger partial charge in [-0.3, -0.25) is 4.79 Å². The molecular formula is C18H26F7NO3Si2. The third kappa shape index (κ3) is 7.49. The second-order valence-electron chi connectivity index (χ2n) is 8.86. The van der Waals surface area contributed by atoms with Crippen molar-refractivity contribution in [2.24, 2.45) is 0 Å². The summed E-state index contributed by atoms with van der Waals surface area (Å²) < 4.78 is 102. The van der Waals surface area contributed by atoms with Gasteiger partial charge in [-0.2, -0.15) is 30.7 Å². The molecule has 178 valence electrons. The highest BCUT2D eigenvalue weighted by Crippen LogP contribution is 2.46. The molecule has 0 aliphatic carbocycles. The Kier molecular flexibility index (Phi) is 8.05. The normalized spacial score (nSPS) is 14.9. The quantitative estimate of drug-likeness (QED) is 0.352. The van der Waals surface area contributed by atoms with Crippen molar-refractivity contribution in [2.45, 2.75) is 63.4 Å². The molecule has 0 saturated heterocycles. The average molecular weight is 494 g/mol. The third-order valence-electron chi connectivity index (χ3n) is 3.66. The van der Waals surface area contributed by atoms with E-state index in [9.17, 15) is 35.5 Å². The molecule has 31 heavy (non-hydrogen) atoms. The van der Waals surface area contributed by atoms with Crippen LogP contribution in [0.25, 0.3) is 0 Å². The molecule has 0 bridgehead atoms. The standard InChI is InChI=1S/C18H26F7NO3Si2/c1-30(2,3)28-13-9-7-12(8-10-13)14(29-31(4,5)6)11-26-15(27)16(19,20)17(21,22)18(23,24)25/h7-10,14H,11H2,1-6H3,(H,26,27). The Morgan fingerprint density at radius 1 is 0.903 bits per heavy atom. The molecule has 13 heteroatoms. The van der Waals surface area contributed by atoms with E-state index in [2.05, 4.69) is 0 Å². The zero-order valence-electron chi connectivity index (χ0n) is 18.0. The molecule has 1 atom stereocenters. The van der Waals surface area contributed by atoms with E-state index < -0.39 is 53.2 Å². The fourth-order valence-electron chi connectivity index (χ4n) is 2.38. The summed E-state index contributed by atoms with van der Waals surface area (Å²) in [7, 11) is -4.22. The lowest BCUT2D eigenvalue weighted by Gasteiger charge is -2.30. The predicted octanol–water partition coefficient (Wildman–Crippen LogP) is 5.74. The Hall–Kier alpha value is -1.61. The number of alkyl halides is 7. The van der Waals surface area contributed by atoms with Crippen LogP contribution in [0.5, 0.6) is 5.75 Å². The van der Waals surface area contributed by atoms with E-state index in [1.54, 1.807) is 43.9 Å². The fourth-order valence-corrected chi connectivity index (χ4v) is 4.29. The highest BCUT2D eigenvalue weighted by molar-refractivity contribution is 6.70. The van der Waals surface area contributed by atoms with Crippen molar-refractivity contribution in [3.63, 3.8) is 0 Å². The number of nitrogens with one attached hydrogen (secondary N) is 1. The lowest BCUT2D eigenvalue weighted by atomic mass is 10.1. The molecule has 0 saturated carbocycles. The molecule has 1 aromatic rings. The summed E-state index contributed by atoms with van der Waals surface area (Å²) >= 11 is 0. The minimum absolute atomic E-state index is 0.413. The Labute approximate surface area is 178 Å². The summed E-state index contributed by atoms with van der Waals surface area (Å²) in [6, 6.07) is 6.30. The number of carbonyl (C=O) groups excluding carboxylic acids is 1. The van der Waals surface area contributed by atoms with E-state index in [0.29, 0.717) is 11.3 Å². The topological polar surface area (TPSA) is 47.6 Å². The Morgan fingerprint density at radius 2 is 1.39 bits per heavy atom. The molecule has 0 spiro atoms. The van der Waals surface area contributed by atoms with Gasteiger partial charge in [0.1, 0.15) is 5.75 Å². The number of halogens is 7. The van der Waals surface area contributed by atoms with Gasteiger partial charge in [-0.25, -0.2) is 0 Å². The maximum atomic E-state index is 13.6. The summed E-state index contributed by atoms with van der Waals surface area (Å²) in [4.78, 5) is 11.6. The number of hydrogen-bond donors (Lipinski definition) is 1. The van der Waals surface area contributed by atoms with Gasteiger partial charge in [-0.05, 0) is 57.0 Å². The molecule has 0 fully saturated rings. The Balaban J connectivity index is 3.05. The molecule has 0 aliphatic rings. The van der Waals surface area contributed by atoms with Gasteiger partial charge in [0.15, 0.2) is 8.32 Å². The molecule has 1 rings (SSSR count). The van der Waals surface area contributed by atoms with Crippen molar-refractivity contribution in [1.29, 1.82) is 0 Å². The molecule has 1 unspecified atom stereocenters. The zero-order chi connectivity index (χ0) is 24.5. The summed E-state index contributed by atoms with van der Waals surface area (Å²) in [6.07, 6.45) is -7.62. The van der Waals surface area contributed by atoms with Gasteiger partial charge < -0.3 is 14.2 Å². The van der Waals surface area contributed by atoms with Crippen LogP contribution in [0.1, 0.15) is 11.7 Å². The van der Waals surface area contributed by atoms with Crippen LogP contribution >= 0.6 is 0 Å². The van der Waals surface area contributed by atoms with E-state index >= 15 is 0 Å². The van der Waals surface area contributed by atoms with Crippen molar-refractivity contribution in [3.05, 3.63) is 29.8 Å². The Bertz CT molecular complexity index is 757. The number of hydrogen-bond acceptors (Lipinski definition) is 3. The van der Waals surface area contributed by atoms with Gasteiger partial charge >= 0.3 is 18.0 Å². The monoisotopic (exact) mass is 493 g/mol. The van der Waals surface area contributed by atoms with E-state index in [1.165, 1.54) is 5.32 Å².